The molecule has 0 aromatic heterocycles. The lowest BCUT2D eigenvalue weighted by atomic mass is 10.0. The number of halogens is 1. The predicted octanol–water partition coefficient (Wildman–Crippen LogP) is 2.49. The summed E-state index contributed by atoms with van der Waals surface area (Å²) in [6, 6.07) is 6.60. The van der Waals surface area contributed by atoms with Gasteiger partial charge in [-0.15, -0.1) is 0 Å². The maximum Gasteiger partial charge on any atom is 0.237 e. The summed E-state index contributed by atoms with van der Waals surface area (Å²) in [7, 11) is 0. The molecule has 1 aliphatic heterocycles. The molecule has 0 spiro atoms. The minimum Gasteiger partial charge on any atom is -0.353 e. The Hall–Kier alpha value is -1.99. The smallest absolute Gasteiger partial charge is 0.237 e. The van der Waals surface area contributed by atoms with Crippen molar-refractivity contribution in [3.8, 4) is 0 Å². The Kier molecular flexibility index (Phi) is 8.79. The Bertz CT molecular complexity index is 711. The van der Waals surface area contributed by atoms with E-state index in [0.717, 1.165) is 38.2 Å². The number of hydrogen-bond donors (Lipinski definition) is 1. The SMILES string of the molecule is CCC(C)NC(=O)CN1CCN(CC(=O)N(Cc2cccc(F)c2)C(C)(C)C)CC1. The van der Waals surface area contributed by atoms with Crippen molar-refractivity contribution in [2.75, 3.05) is 39.3 Å². The third-order valence-electron chi connectivity index (χ3n) is 5.55. The van der Waals surface area contributed by atoms with E-state index < -0.39 is 0 Å². The van der Waals surface area contributed by atoms with Crippen molar-refractivity contribution in [3.05, 3.63) is 35.6 Å². The number of nitrogens with one attached hydrogen (secondary N) is 1. The zero-order valence-corrected chi connectivity index (χ0v) is 19.1. The van der Waals surface area contributed by atoms with Gasteiger partial charge in [0.15, 0.2) is 0 Å². The standard InChI is InChI=1S/C23H37FN4O2/c1-6-18(2)25-21(29)16-26-10-12-27(13-11-26)17-22(30)28(23(3,4)5)15-19-8-7-9-20(24)14-19/h7-9,14,18H,6,10-13,15-17H2,1-5H3,(H,25,29). The van der Waals surface area contributed by atoms with Crippen molar-refractivity contribution in [2.45, 2.75) is 59.2 Å². The third-order valence-corrected chi connectivity index (χ3v) is 5.55. The molecule has 30 heavy (non-hydrogen) atoms. The molecule has 2 rings (SSSR count). The number of amides is 2. The zero-order valence-electron chi connectivity index (χ0n) is 19.1. The van der Waals surface area contributed by atoms with Crippen LogP contribution in [0.15, 0.2) is 24.3 Å². The van der Waals surface area contributed by atoms with Crippen molar-refractivity contribution in [2.24, 2.45) is 0 Å². The van der Waals surface area contributed by atoms with Crippen molar-refractivity contribution < 1.29 is 14.0 Å². The van der Waals surface area contributed by atoms with Gasteiger partial charge in [-0.1, -0.05) is 19.1 Å². The molecule has 1 fully saturated rings. The van der Waals surface area contributed by atoms with Gasteiger partial charge in [-0.3, -0.25) is 19.4 Å². The molecule has 2 amide bonds. The second-order valence-corrected chi connectivity index (χ2v) is 9.21. The van der Waals surface area contributed by atoms with Gasteiger partial charge in [-0.2, -0.15) is 0 Å². The highest BCUT2D eigenvalue weighted by molar-refractivity contribution is 5.79. The lowest BCUT2D eigenvalue weighted by Crippen LogP contribution is -2.54. The molecular weight excluding hydrogens is 383 g/mol. The van der Waals surface area contributed by atoms with Crippen LogP contribution in [0.3, 0.4) is 0 Å². The highest BCUT2D eigenvalue weighted by Crippen LogP contribution is 2.19. The second kappa shape index (κ2) is 10.9. The average Bonchev–Trinajstić information content (AvgIpc) is 2.66. The van der Waals surface area contributed by atoms with Gasteiger partial charge in [0, 0.05) is 44.3 Å². The van der Waals surface area contributed by atoms with E-state index in [1.54, 1.807) is 6.07 Å². The lowest BCUT2D eigenvalue weighted by Gasteiger charge is -2.39. The van der Waals surface area contributed by atoms with Crippen LogP contribution in [-0.2, 0) is 16.1 Å². The maximum absolute atomic E-state index is 13.6. The van der Waals surface area contributed by atoms with E-state index in [2.05, 4.69) is 22.0 Å². The first kappa shape index (κ1) is 24.3. The van der Waals surface area contributed by atoms with Crippen molar-refractivity contribution in [1.82, 2.24) is 20.0 Å². The summed E-state index contributed by atoms with van der Waals surface area (Å²) in [5.41, 5.74) is 0.426. The Morgan fingerprint density at radius 2 is 1.73 bits per heavy atom. The Morgan fingerprint density at radius 3 is 2.27 bits per heavy atom. The van der Waals surface area contributed by atoms with Crippen LogP contribution < -0.4 is 5.32 Å². The van der Waals surface area contributed by atoms with Gasteiger partial charge in [0.05, 0.1) is 13.1 Å². The molecule has 7 heteroatoms. The normalized spacial score (nSPS) is 16.9. The van der Waals surface area contributed by atoms with Crippen LogP contribution in [0.2, 0.25) is 0 Å². The van der Waals surface area contributed by atoms with Gasteiger partial charge in [-0.25, -0.2) is 4.39 Å². The van der Waals surface area contributed by atoms with Crippen molar-refractivity contribution in [3.63, 3.8) is 0 Å². The molecule has 1 saturated heterocycles. The largest absolute Gasteiger partial charge is 0.353 e. The fourth-order valence-electron chi connectivity index (χ4n) is 3.53. The van der Waals surface area contributed by atoms with Gasteiger partial charge in [0.1, 0.15) is 5.82 Å². The number of carbonyl (C=O) groups excluding carboxylic acids is 2. The van der Waals surface area contributed by atoms with E-state index >= 15 is 0 Å². The van der Waals surface area contributed by atoms with Crippen LogP contribution in [0.4, 0.5) is 4.39 Å². The second-order valence-electron chi connectivity index (χ2n) is 9.21. The molecule has 168 valence electrons. The van der Waals surface area contributed by atoms with Gasteiger partial charge in [0.2, 0.25) is 11.8 Å². The van der Waals surface area contributed by atoms with Gasteiger partial charge < -0.3 is 10.2 Å². The molecule has 1 N–H and O–H groups in total. The van der Waals surface area contributed by atoms with E-state index in [0.29, 0.717) is 19.6 Å². The Labute approximate surface area is 180 Å². The van der Waals surface area contributed by atoms with Gasteiger partial charge in [-0.05, 0) is 51.8 Å². The summed E-state index contributed by atoms with van der Waals surface area (Å²) in [5, 5.41) is 3.00. The van der Waals surface area contributed by atoms with Crippen LogP contribution in [0.1, 0.15) is 46.6 Å². The quantitative estimate of drug-likeness (QED) is 0.702. The van der Waals surface area contributed by atoms with E-state index in [1.165, 1.54) is 12.1 Å². The molecule has 1 aromatic carbocycles. The summed E-state index contributed by atoms with van der Waals surface area (Å²) < 4.78 is 13.6. The summed E-state index contributed by atoms with van der Waals surface area (Å²) in [6.07, 6.45) is 0.918. The molecule has 0 bridgehead atoms. The van der Waals surface area contributed by atoms with Crippen molar-refractivity contribution >= 4 is 11.8 Å². The summed E-state index contributed by atoms with van der Waals surface area (Å²) in [4.78, 5) is 31.2. The number of nitrogens with zero attached hydrogens (tertiary/aromatic N) is 3. The number of carbonyl (C=O) groups is 2. The first-order valence-electron chi connectivity index (χ1n) is 10.9. The van der Waals surface area contributed by atoms with E-state index in [-0.39, 0.29) is 29.2 Å². The van der Waals surface area contributed by atoms with Crippen LogP contribution >= 0.6 is 0 Å². The molecule has 0 aliphatic carbocycles. The van der Waals surface area contributed by atoms with Crippen LogP contribution in [-0.4, -0.2) is 77.4 Å². The topological polar surface area (TPSA) is 55.9 Å². The maximum atomic E-state index is 13.6. The third kappa shape index (κ3) is 7.69. The average molecular weight is 421 g/mol. The molecule has 1 heterocycles. The monoisotopic (exact) mass is 420 g/mol. The van der Waals surface area contributed by atoms with Crippen LogP contribution in [0, 0.1) is 5.82 Å². The van der Waals surface area contributed by atoms with E-state index in [1.807, 2.05) is 38.7 Å². The van der Waals surface area contributed by atoms with E-state index in [9.17, 15) is 14.0 Å². The first-order chi connectivity index (χ1) is 14.1. The zero-order chi connectivity index (χ0) is 22.3. The van der Waals surface area contributed by atoms with Crippen LogP contribution in [0.25, 0.3) is 0 Å². The number of benzene rings is 1. The number of rotatable bonds is 8. The molecule has 0 saturated carbocycles. The minimum absolute atomic E-state index is 0.0368. The minimum atomic E-state index is -0.362. The highest BCUT2D eigenvalue weighted by Gasteiger charge is 2.29. The molecular formula is C23H37FN4O2. The summed E-state index contributed by atoms with van der Waals surface area (Å²) >= 11 is 0. The van der Waals surface area contributed by atoms with Gasteiger partial charge >= 0.3 is 0 Å². The fraction of sp³-hybridized carbons (Fsp3) is 0.652. The molecule has 1 unspecified atom stereocenters. The Balaban J connectivity index is 1.87. The fourth-order valence-corrected chi connectivity index (χ4v) is 3.53. The number of hydrogen-bond acceptors (Lipinski definition) is 4. The molecule has 1 atom stereocenters. The molecule has 0 radical (unpaired) electrons. The lowest BCUT2D eigenvalue weighted by molar-refractivity contribution is -0.138. The number of piperazine rings is 1. The summed E-state index contributed by atoms with van der Waals surface area (Å²) in [6.45, 7) is 14.2. The van der Waals surface area contributed by atoms with E-state index in [4.69, 9.17) is 0 Å². The molecule has 6 nitrogen and oxygen atoms in total. The highest BCUT2D eigenvalue weighted by atomic mass is 19.1. The Morgan fingerprint density at radius 1 is 1.13 bits per heavy atom. The molecule has 1 aliphatic rings. The molecule has 1 aromatic rings. The predicted molar refractivity (Wildman–Crippen MR) is 117 cm³/mol. The first-order valence-corrected chi connectivity index (χ1v) is 10.9. The van der Waals surface area contributed by atoms with Gasteiger partial charge in [0.25, 0.3) is 0 Å². The van der Waals surface area contributed by atoms with Crippen molar-refractivity contribution in [1.29, 1.82) is 0 Å². The van der Waals surface area contributed by atoms with Crippen LogP contribution in [0.5, 0.6) is 0 Å². The summed E-state index contributed by atoms with van der Waals surface area (Å²) in [5.74, 6) is -0.195.